The van der Waals surface area contributed by atoms with Crippen LogP contribution in [0.4, 0.5) is 4.39 Å². The average molecular weight is 304 g/mol. The van der Waals surface area contributed by atoms with Crippen LogP contribution in [0.1, 0.15) is 44.7 Å². The number of nitrogens with zero attached hydrogens (tertiary/aromatic N) is 2. The third-order valence-corrected chi connectivity index (χ3v) is 5.42. The van der Waals surface area contributed by atoms with Crippen LogP contribution in [-0.2, 0) is 16.8 Å². The third-order valence-electron chi connectivity index (χ3n) is 5.42. The van der Waals surface area contributed by atoms with E-state index in [0.29, 0.717) is 12.6 Å². The van der Waals surface area contributed by atoms with E-state index in [2.05, 4.69) is 18.7 Å². The molecule has 2 aliphatic rings. The smallest absolute Gasteiger partial charge is 0.219 e. The molecule has 0 aromatic heterocycles. The second-order valence-electron chi connectivity index (χ2n) is 7.09. The molecule has 3 nitrogen and oxygen atoms in total. The molecule has 1 aromatic rings. The lowest BCUT2D eigenvalue weighted by Gasteiger charge is -2.49. The molecule has 3 rings (SSSR count). The van der Waals surface area contributed by atoms with Crippen molar-refractivity contribution in [2.75, 3.05) is 19.6 Å². The molecule has 1 saturated heterocycles. The van der Waals surface area contributed by atoms with E-state index >= 15 is 0 Å². The summed E-state index contributed by atoms with van der Waals surface area (Å²) in [7, 11) is 0. The molecule has 0 atom stereocenters. The fourth-order valence-corrected chi connectivity index (χ4v) is 4.04. The molecule has 2 heterocycles. The summed E-state index contributed by atoms with van der Waals surface area (Å²) in [5, 5.41) is 0. The molecule has 2 aliphatic heterocycles. The molecule has 120 valence electrons. The summed E-state index contributed by atoms with van der Waals surface area (Å²) in [6.07, 6.45) is 2.07. The number of rotatable bonds is 1. The first-order valence-electron chi connectivity index (χ1n) is 8.20. The number of carbonyl (C=O) groups excluding carboxylic acids is 1. The lowest BCUT2D eigenvalue weighted by molar-refractivity contribution is -0.131. The number of fused-ring (bicyclic) bond motifs is 2. The van der Waals surface area contributed by atoms with Gasteiger partial charge in [-0.05, 0) is 63.0 Å². The van der Waals surface area contributed by atoms with E-state index < -0.39 is 0 Å². The van der Waals surface area contributed by atoms with Gasteiger partial charge in [0.25, 0.3) is 0 Å². The van der Waals surface area contributed by atoms with Gasteiger partial charge in [-0.1, -0.05) is 6.07 Å². The summed E-state index contributed by atoms with van der Waals surface area (Å²) in [6, 6.07) is 5.69. The molecule has 0 radical (unpaired) electrons. The van der Waals surface area contributed by atoms with Crippen LogP contribution in [-0.4, -0.2) is 41.4 Å². The Balaban J connectivity index is 1.95. The van der Waals surface area contributed by atoms with Crippen LogP contribution in [0.2, 0.25) is 0 Å². The lowest BCUT2D eigenvalue weighted by atomic mass is 9.68. The Morgan fingerprint density at radius 1 is 1.27 bits per heavy atom. The highest BCUT2D eigenvalue weighted by Crippen LogP contribution is 2.42. The molecule has 1 amide bonds. The van der Waals surface area contributed by atoms with E-state index in [1.807, 2.05) is 11.0 Å². The number of hydrogen-bond acceptors (Lipinski definition) is 2. The summed E-state index contributed by atoms with van der Waals surface area (Å²) in [5.41, 5.74) is 2.24. The molecule has 0 saturated carbocycles. The predicted octanol–water partition coefficient (Wildman–Crippen LogP) is 2.93. The second kappa shape index (κ2) is 5.65. The van der Waals surface area contributed by atoms with E-state index in [1.54, 1.807) is 19.1 Å². The zero-order chi connectivity index (χ0) is 15.9. The Bertz CT molecular complexity index is 576. The summed E-state index contributed by atoms with van der Waals surface area (Å²) < 4.78 is 13.6. The Morgan fingerprint density at radius 2 is 1.95 bits per heavy atom. The molecule has 1 aromatic carbocycles. The molecular formula is C18H25FN2O. The summed E-state index contributed by atoms with van der Waals surface area (Å²) >= 11 is 0. The van der Waals surface area contributed by atoms with E-state index in [-0.39, 0.29) is 17.1 Å². The van der Waals surface area contributed by atoms with Crippen molar-refractivity contribution < 1.29 is 9.18 Å². The molecule has 4 heteroatoms. The van der Waals surface area contributed by atoms with Gasteiger partial charge in [0.15, 0.2) is 0 Å². The van der Waals surface area contributed by atoms with E-state index in [0.717, 1.165) is 38.0 Å². The first kappa shape index (κ1) is 15.5. The molecule has 0 bridgehead atoms. The van der Waals surface area contributed by atoms with Crippen molar-refractivity contribution in [2.24, 2.45) is 0 Å². The molecule has 0 aliphatic carbocycles. The number of halogens is 1. The van der Waals surface area contributed by atoms with E-state index in [1.165, 1.54) is 5.56 Å². The van der Waals surface area contributed by atoms with Crippen molar-refractivity contribution in [3.8, 4) is 0 Å². The Labute approximate surface area is 132 Å². The largest absolute Gasteiger partial charge is 0.338 e. The fourth-order valence-electron chi connectivity index (χ4n) is 4.04. The van der Waals surface area contributed by atoms with Crippen LogP contribution in [0.5, 0.6) is 0 Å². The predicted molar refractivity (Wildman–Crippen MR) is 85.1 cm³/mol. The number of amides is 1. The van der Waals surface area contributed by atoms with Crippen molar-refractivity contribution in [1.82, 2.24) is 9.80 Å². The van der Waals surface area contributed by atoms with Gasteiger partial charge >= 0.3 is 0 Å². The monoisotopic (exact) mass is 304 g/mol. The van der Waals surface area contributed by atoms with Crippen molar-refractivity contribution >= 4 is 5.91 Å². The van der Waals surface area contributed by atoms with Crippen molar-refractivity contribution in [3.05, 3.63) is 35.1 Å². The highest BCUT2D eigenvalue weighted by molar-refractivity contribution is 5.74. The standard InChI is InChI=1S/C18H25FN2O/c1-13(2)20-8-6-18(7-9-20)12-21(14(3)22)11-15-10-16(19)4-5-17(15)18/h4-5,10,13H,6-9,11-12H2,1-3H3. The van der Waals surface area contributed by atoms with Crippen LogP contribution >= 0.6 is 0 Å². The maximum absolute atomic E-state index is 13.6. The first-order valence-corrected chi connectivity index (χ1v) is 8.20. The molecule has 0 N–H and O–H groups in total. The number of piperidine rings is 1. The zero-order valence-electron chi connectivity index (χ0n) is 13.7. The maximum atomic E-state index is 13.6. The van der Waals surface area contributed by atoms with Crippen LogP contribution in [0.15, 0.2) is 18.2 Å². The van der Waals surface area contributed by atoms with Gasteiger partial charge in [0, 0.05) is 31.5 Å². The van der Waals surface area contributed by atoms with Crippen LogP contribution < -0.4 is 0 Å². The number of benzene rings is 1. The first-order chi connectivity index (χ1) is 10.4. The van der Waals surface area contributed by atoms with Crippen molar-refractivity contribution in [1.29, 1.82) is 0 Å². The number of likely N-dealkylation sites (tertiary alicyclic amines) is 1. The summed E-state index contributed by atoms with van der Waals surface area (Å²) in [5.74, 6) is -0.125. The van der Waals surface area contributed by atoms with Gasteiger partial charge < -0.3 is 9.80 Å². The van der Waals surface area contributed by atoms with Gasteiger partial charge in [-0.2, -0.15) is 0 Å². The van der Waals surface area contributed by atoms with Gasteiger partial charge in [-0.3, -0.25) is 4.79 Å². The van der Waals surface area contributed by atoms with Crippen LogP contribution in [0, 0.1) is 5.82 Å². The lowest BCUT2D eigenvalue weighted by Crippen LogP contribution is -2.53. The molecule has 1 spiro atoms. The minimum absolute atomic E-state index is 0.00164. The number of carbonyl (C=O) groups is 1. The quantitative estimate of drug-likeness (QED) is 0.796. The van der Waals surface area contributed by atoms with Gasteiger partial charge in [0.1, 0.15) is 5.82 Å². The fraction of sp³-hybridized carbons (Fsp3) is 0.611. The summed E-state index contributed by atoms with van der Waals surface area (Å²) in [4.78, 5) is 16.3. The van der Waals surface area contributed by atoms with E-state index in [9.17, 15) is 9.18 Å². The topological polar surface area (TPSA) is 23.6 Å². The molecule has 0 unspecified atom stereocenters. The van der Waals surface area contributed by atoms with Gasteiger partial charge in [-0.25, -0.2) is 4.39 Å². The average Bonchev–Trinajstić information content (AvgIpc) is 2.47. The van der Waals surface area contributed by atoms with Crippen molar-refractivity contribution in [2.45, 2.75) is 51.6 Å². The van der Waals surface area contributed by atoms with E-state index in [4.69, 9.17) is 0 Å². The maximum Gasteiger partial charge on any atom is 0.219 e. The van der Waals surface area contributed by atoms with Gasteiger partial charge in [0.2, 0.25) is 5.91 Å². The Hall–Kier alpha value is -1.42. The summed E-state index contributed by atoms with van der Waals surface area (Å²) in [6.45, 7) is 9.46. The van der Waals surface area contributed by atoms with Crippen LogP contribution in [0.25, 0.3) is 0 Å². The SMILES string of the molecule is CC(=O)N1Cc2cc(F)ccc2C2(CCN(C(C)C)CC2)C1. The van der Waals surface area contributed by atoms with Gasteiger partial charge in [0.05, 0.1) is 0 Å². The third kappa shape index (κ3) is 2.65. The normalized spacial score (nSPS) is 21.2. The minimum Gasteiger partial charge on any atom is -0.338 e. The number of hydrogen-bond donors (Lipinski definition) is 0. The van der Waals surface area contributed by atoms with Crippen molar-refractivity contribution in [3.63, 3.8) is 0 Å². The highest BCUT2D eigenvalue weighted by atomic mass is 19.1. The Kier molecular flexibility index (Phi) is 3.98. The van der Waals surface area contributed by atoms with Gasteiger partial charge in [-0.15, -0.1) is 0 Å². The molecular weight excluding hydrogens is 279 g/mol. The highest BCUT2D eigenvalue weighted by Gasteiger charge is 2.42. The van der Waals surface area contributed by atoms with Crippen LogP contribution in [0.3, 0.4) is 0 Å². The second-order valence-corrected chi connectivity index (χ2v) is 7.09. The Morgan fingerprint density at radius 3 is 2.55 bits per heavy atom. The molecule has 22 heavy (non-hydrogen) atoms. The zero-order valence-corrected chi connectivity index (χ0v) is 13.7. The molecule has 1 fully saturated rings. The minimum atomic E-state index is -0.209.